The Bertz CT molecular complexity index is 1410. The summed E-state index contributed by atoms with van der Waals surface area (Å²) in [6.07, 6.45) is 4.99. The number of carbonyl (C=O) groups excluding carboxylic acids is 1. The van der Waals surface area contributed by atoms with Crippen LogP contribution in [0, 0.1) is 0 Å². The number of imidazole rings is 1. The molecule has 0 radical (unpaired) electrons. The fourth-order valence-electron chi connectivity index (χ4n) is 4.21. The van der Waals surface area contributed by atoms with Crippen molar-refractivity contribution in [1.29, 1.82) is 0 Å². The molecule has 2 N–H and O–H groups in total. The fraction of sp³-hybridized carbons (Fsp3) is 0.393. The van der Waals surface area contributed by atoms with Crippen molar-refractivity contribution in [3.8, 4) is 11.5 Å². The summed E-state index contributed by atoms with van der Waals surface area (Å²) in [6, 6.07) is 13.2. The fourth-order valence-corrected chi connectivity index (χ4v) is 5.88. The van der Waals surface area contributed by atoms with Crippen LogP contribution in [0.5, 0.6) is 0 Å². The largest absolute Gasteiger partial charge is 0.436 e. The zero-order chi connectivity index (χ0) is 27.0. The van der Waals surface area contributed by atoms with Gasteiger partial charge in [-0.05, 0) is 62.2 Å². The third-order valence-electron chi connectivity index (χ3n) is 7.24. The monoisotopic (exact) mass is 538 g/mol. The van der Waals surface area contributed by atoms with Gasteiger partial charge >= 0.3 is 0 Å². The third-order valence-corrected chi connectivity index (χ3v) is 12.1. The number of carbonyl (C=O) groups is 1. The Kier molecular flexibility index (Phi) is 7.64. The van der Waals surface area contributed by atoms with Crippen LogP contribution in [0.1, 0.15) is 62.6 Å². The molecule has 4 aromatic rings. The maximum Gasteiger partial charge on any atom is 0.268 e. The van der Waals surface area contributed by atoms with E-state index in [0.29, 0.717) is 16.5 Å². The molecule has 0 saturated heterocycles. The van der Waals surface area contributed by atoms with Crippen LogP contribution in [-0.4, -0.2) is 34.9 Å². The predicted octanol–water partition coefficient (Wildman–Crippen LogP) is 7.22. The van der Waals surface area contributed by atoms with Gasteiger partial charge in [0.15, 0.2) is 13.9 Å². The summed E-state index contributed by atoms with van der Waals surface area (Å²) < 4.78 is 14.7. The first-order valence-electron chi connectivity index (χ1n) is 12.5. The molecule has 9 heteroatoms. The van der Waals surface area contributed by atoms with Gasteiger partial charge in [-0.25, -0.2) is 9.97 Å². The molecular formula is C28H35ClN4O3Si. The van der Waals surface area contributed by atoms with Crippen molar-refractivity contribution in [3.63, 3.8) is 0 Å². The van der Waals surface area contributed by atoms with Crippen LogP contribution in [-0.2, 0) is 4.43 Å². The number of hydrogen-bond donors (Lipinski definition) is 1. The smallest absolute Gasteiger partial charge is 0.268 e. The summed E-state index contributed by atoms with van der Waals surface area (Å²) in [5.41, 5.74) is 8.94. The van der Waals surface area contributed by atoms with Crippen molar-refractivity contribution in [2.24, 2.45) is 5.73 Å². The van der Waals surface area contributed by atoms with Crippen LogP contribution in [0.4, 0.5) is 0 Å². The molecule has 0 bridgehead atoms. The molecule has 0 aliphatic heterocycles. The number of hydrogen-bond acceptors (Lipinski definition) is 5. The highest BCUT2D eigenvalue weighted by Gasteiger charge is 2.38. The number of nitrogens with two attached hydrogens (primary N) is 1. The molecule has 196 valence electrons. The molecule has 0 fully saturated rings. The number of halogens is 1. The van der Waals surface area contributed by atoms with E-state index in [-0.39, 0.29) is 22.9 Å². The van der Waals surface area contributed by atoms with E-state index in [1.807, 2.05) is 47.0 Å². The first-order valence-corrected chi connectivity index (χ1v) is 15.8. The summed E-state index contributed by atoms with van der Waals surface area (Å²) in [4.78, 5) is 20.9. The summed E-state index contributed by atoms with van der Waals surface area (Å²) in [6.45, 7) is 13.4. The molecule has 1 amide bonds. The second-order valence-corrected chi connectivity index (χ2v) is 16.3. The van der Waals surface area contributed by atoms with Crippen molar-refractivity contribution in [3.05, 3.63) is 71.3 Å². The Morgan fingerprint density at radius 2 is 1.92 bits per heavy atom. The molecule has 2 aromatic carbocycles. The van der Waals surface area contributed by atoms with Gasteiger partial charge in [0, 0.05) is 28.5 Å². The van der Waals surface area contributed by atoms with Gasteiger partial charge in [-0.3, -0.25) is 4.79 Å². The molecule has 2 aromatic heterocycles. The minimum absolute atomic E-state index is 0.0704. The number of rotatable bonds is 9. The van der Waals surface area contributed by atoms with Crippen LogP contribution >= 0.6 is 11.6 Å². The molecule has 2 atom stereocenters. The summed E-state index contributed by atoms with van der Waals surface area (Å²) in [7, 11) is -1.91. The highest BCUT2D eigenvalue weighted by Crippen LogP contribution is 2.39. The lowest BCUT2D eigenvalue weighted by Gasteiger charge is -2.38. The van der Waals surface area contributed by atoms with E-state index in [0.717, 1.165) is 29.5 Å². The molecule has 2 heterocycles. The van der Waals surface area contributed by atoms with Crippen molar-refractivity contribution >= 4 is 36.9 Å². The molecule has 0 spiro atoms. The first-order chi connectivity index (χ1) is 17.4. The zero-order valence-corrected chi connectivity index (χ0v) is 24.0. The quantitative estimate of drug-likeness (QED) is 0.227. The first kappa shape index (κ1) is 27.1. The number of aromatic nitrogens is 3. The lowest BCUT2D eigenvalue weighted by Crippen LogP contribution is -2.43. The minimum Gasteiger partial charge on any atom is -0.436 e. The standard InChI is InChI=1S/C28H35ClN4O3Si/c1-18(36-37(5,6)28(2,3)4)13-14-23(33-16-22(26(30)34)31-17-33)21-11-8-12-24-25(21)32-27(35-24)19-9-7-10-20(29)15-19/h7-12,15-18,23H,13-14H2,1-6H3,(H2,30,34)/t18-,23?/m0/s1. The van der Waals surface area contributed by atoms with E-state index in [4.69, 9.17) is 31.2 Å². The molecule has 4 rings (SSSR count). The Morgan fingerprint density at radius 3 is 2.57 bits per heavy atom. The molecule has 0 saturated carbocycles. The van der Waals surface area contributed by atoms with Gasteiger partial charge in [0.2, 0.25) is 5.89 Å². The van der Waals surface area contributed by atoms with Gasteiger partial charge < -0.3 is 19.1 Å². The van der Waals surface area contributed by atoms with E-state index >= 15 is 0 Å². The van der Waals surface area contributed by atoms with Gasteiger partial charge in [0.1, 0.15) is 11.2 Å². The molecule has 1 unspecified atom stereocenters. The number of primary amides is 1. The van der Waals surface area contributed by atoms with E-state index in [1.54, 1.807) is 12.5 Å². The Labute approximate surface area is 224 Å². The summed E-state index contributed by atoms with van der Waals surface area (Å²) in [5, 5.41) is 0.746. The van der Waals surface area contributed by atoms with Crippen molar-refractivity contribution in [1.82, 2.24) is 14.5 Å². The van der Waals surface area contributed by atoms with Crippen molar-refractivity contribution in [2.45, 2.75) is 70.8 Å². The lowest BCUT2D eigenvalue weighted by molar-refractivity contribution is 0.0996. The van der Waals surface area contributed by atoms with Gasteiger partial charge in [0.05, 0.1) is 12.4 Å². The van der Waals surface area contributed by atoms with Gasteiger partial charge in [0.25, 0.3) is 5.91 Å². The van der Waals surface area contributed by atoms with E-state index in [2.05, 4.69) is 45.8 Å². The van der Waals surface area contributed by atoms with E-state index < -0.39 is 14.2 Å². The average Bonchev–Trinajstić information content (AvgIpc) is 3.46. The Hall–Kier alpha value is -2.94. The lowest BCUT2D eigenvalue weighted by atomic mass is 9.99. The molecule has 7 nitrogen and oxygen atoms in total. The number of benzene rings is 2. The predicted molar refractivity (Wildman–Crippen MR) is 150 cm³/mol. The van der Waals surface area contributed by atoms with Gasteiger partial charge in [-0.1, -0.05) is 50.6 Å². The van der Waals surface area contributed by atoms with E-state index in [1.165, 1.54) is 0 Å². The van der Waals surface area contributed by atoms with Crippen LogP contribution in [0.15, 0.2) is 59.4 Å². The number of oxazole rings is 1. The Balaban J connectivity index is 1.70. The zero-order valence-electron chi connectivity index (χ0n) is 22.3. The highest BCUT2D eigenvalue weighted by atomic mass is 35.5. The topological polar surface area (TPSA) is 96.2 Å². The number of amides is 1. The highest BCUT2D eigenvalue weighted by molar-refractivity contribution is 6.74. The van der Waals surface area contributed by atoms with Crippen molar-refractivity contribution in [2.75, 3.05) is 0 Å². The molecule has 0 aliphatic carbocycles. The Morgan fingerprint density at radius 1 is 1.19 bits per heavy atom. The normalized spacial score (nSPS) is 14.1. The summed E-state index contributed by atoms with van der Waals surface area (Å²) in [5.74, 6) is -0.0585. The second-order valence-electron chi connectivity index (χ2n) is 11.1. The second kappa shape index (κ2) is 10.4. The summed E-state index contributed by atoms with van der Waals surface area (Å²) >= 11 is 6.20. The van der Waals surface area contributed by atoms with Crippen LogP contribution in [0.25, 0.3) is 22.6 Å². The number of nitrogens with zero attached hydrogens (tertiary/aromatic N) is 3. The van der Waals surface area contributed by atoms with Gasteiger partial charge in [-0.2, -0.15) is 0 Å². The maximum atomic E-state index is 11.8. The van der Waals surface area contributed by atoms with Crippen LogP contribution in [0.2, 0.25) is 23.2 Å². The van der Waals surface area contributed by atoms with Crippen molar-refractivity contribution < 1.29 is 13.6 Å². The number of fused-ring (bicyclic) bond motifs is 1. The third kappa shape index (κ3) is 5.97. The molecular weight excluding hydrogens is 504 g/mol. The molecule has 0 aliphatic rings. The number of para-hydroxylation sites is 1. The average molecular weight is 539 g/mol. The maximum absolute atomic E-state index is 11.8. The van der Waals surface area contributed by atoms with Crippen LogP contribution in [0.3, 0.4) is 0 Å². The minimum atomic E-state index is -1.91. The van der Waals surface area contributed by atoms with Gasteiger partial charge in [-0.15, -0.1) is 0 Å². The van der Waals surface area contributed by atoms with Crippen LogP contribution < -0.4 is 5.73 Å². The molecule has 37 heavy (non-hydrogen) atoms. The van der Waals surface area contributed by atoms with E-state index in [9.17, 15) is 4.79 Å². The SMILES string of the molecule is C[C@@H](CCC(c1cccc2oc(-c3cccc(Cl)c3)nc12)n1cnc(C(N)=O)c1)O[Si](C)(C)C(C)(C)C.